The molecule has 4 rings (SSSR count). The maximum atomic E-state index is 14.5. The van der Waals surface area contributed by atoms with Gasteiger partial charge in [0.25, 0.3) is 0 Å². The van der Waals surface area contributed by atoms with Gasteiger partial charge in [-0.25, -0.2) is 4.39 Å². The summed E-state index contributed by atoms with van der Waals surface area (Å²) in [6.07, 6.45) is 6.82. The molecule has 4 heteroatoms. The number of anilines is 1. The third-order valence-electron chi connectivity index (χ3n) is 5.87. The lowest BCUT2D eigenvalue weighted by Crippen LogP contribution is -2.37. The van der Waals surface area contributed by atoms with Gasteiger partial charge in [0.1, 0.15) is 5.82 Å². The monoisotopic (exact) mass is 318 g/mol. The highest BCUT2D eigenvalue weighted by atomic mass is 19.1. The highest BCUT2D eigenvalue weighted by molar-refractivity contribution is 5.49. The number of nitrogens with zero attached hydrogens (tertiary/aromatic N) is 2. The Labute approximate surface area is 138 Å². The molecule has 0 bridgehead atoms. The molecule has 1 aromatic carbocycles. The first-order chi connectivity index (χ1) is 11.3. The van der Waals surface area contributed by atoms with Crippen LogP contribution in [0.3, 0.4) is 0 Å². The summed E-state index contributed by atoms with van der Waals surface area (Å²) in [5.74, 6) is 0.810. The van der Waals surface area contributed by atoms with Crippen molar-refractivity contribution in [2.45, 2.75) is 44.7 Å². The largest absolute Gasteiger partial charge is 0.378 e. The van der Waals surface area contributed by atoms with Gasteiger partial charge in [-0.3, -0.25) is 4.90 Å². The zero-order chi connectivity index (χ0) is 15.6. The predicted molar refractivity (Wildman–Crippen MR) is 90.2 cm³/mol. The fourth-order valence-corrected chi connectivity index (χ4v) is 4.64. The molecule has 3 fully saturated rings. The first kappa shape index (κ1) is 15.4. The SMILES string of the molecule is Fc1cc(CN2CC[C@@H]3CCCC[C@@H]32)ccc1N1CCOCC1. The van der Waals surface area contributed by atoms with E-state index in [9.17, 15) is 4.39 Å². The van der Waals surface area contributed by atoms with Gasteiger partial charge < -0.3 is 9.64 Å². The lowest BCUT2D eigenvalue weighted by molar-refractivity contribution is 0.122. The van der Waals surface area contributed by atoms with E-state index in [4.69, 9.17) is 4.74 Å². The Hall–Kier alpha value is -1.13. The topological polar surface area (TPSA) is 15.7 Å². The quantitative estimate of drug-likeness (QED) is 0.849. The normalized spacial score (nSPS) is 28.8. The van der Waals surface area contributed by atoms with Crippen LogP contribution in [-0.2, 0) is 11.3 Å². The number of benzene rings is 1. The minimum absolute atomic E-state index is 0.0798. The summed E-state index contributed by atoms with van der Waals surface area (Å²) >= 11 is 0. The number of hydrogen-bond acceptors (Lipinski definition) is 3. The van der Waals surface area contributed by atoms with Crippen LogP contribution in [0.15, 0.2) is 18.2 Å². The van der Waals surface area contributed by atoms with E-state index in [1.165, 1.54) is 38.6 Å². The van der Waals surface area contributed by atoms with Crippen LogP contribution < -0.4 is 4.90 Å². The van der Waals surface area contributed by atoms with E-state index in [0.717, 1.165) is 42.8 Å². The number of ether oxygens (including phenoxy) is 1. The van der Waals surface area contributed by atoms with Crippen molar-refractivity contribution < 1.29 is 9.13 Å². The molecule has 3 aliphatic rings. The Morgan fingerprint density at radius 1 is 1.04 bits per heavy atom. The smallest absolute Gasteiger partial charge is 0.146 e. The highest BCUT2D eigenvalue weighted by Gasteiger charge is 2.35. The minimum atomic E-state index is -0.0798. The number of morpholine rings is 1. The predicted octanol–water partition coefficient (Wildman–Crippen LogP) is 3.43. The zero-order valence-corrected chi connectivity index (χ0v) is 13.8. The maximum absolute atomic E-state index is 14.5. The average Bonchev–Trinajstić information content (AvgIpc) is 2.99. The second-order valence-corrected chi connectivity index (χ2v) is 7.26. The summed E-state index contributed by atoms with van der Waals surface area (Å²) in [7, 11) is 0. The van der Waals surface area contributed by atoms with Gasteiger partial charge in [-0.15, -0.1) is 0 Å². The Morgan fingerprint density at radius 3 is 2.70 bits per heavy atom. The Balaban J connectivity index is 1.44. The lowest BCUT2D eigenvalue weighted by atomic mass is 9.85. The van der Waals surface area contributed by atoms with Crippen molar-refractivity contribution in [2.24, 2.45) is 5.92 Å². The van der Waals surface area contributed by atoms with Gasteiger partial charge in [0.15, 0.2) is 0 Å². The standard InChI is InChI=1S/C19H27FN2O/c20-17-13-15(5-6-19(17)21-9-11-23-12-10-21)14-22-8-7-16-3-1-2-4-18(16)22/h5-6,13,16,18H,1-4,7-12,14H2/t16-,18-/m0/s1. The van der Waals surface area contributed by atoms with Crippen LogP contribution in [0, 0.1) is 11.7 Å². The number of hydrogen-bond donors (Lipinski definition) is 0. The molecule has 1 aromatic rings. The number of fused-ring (bicyclic) bond motifs is 1. The molecule has 3 nitrogen and oxygen atoms in total. The molecule has 2 saturated heterocycles. The summed E-state index contributed by atoms with van der Waals surface area (Å²) < 4.78 is 19.9. The van der Waals surface area contributed by atoms with Gasteiger partial charge in [-0.1, -0.05) is 18.9 Å². The molecule has 1 aliphatic carbocycles. The second kappa shape index (κ2) is 6.78. The van der Waals surface area contributed by atoms with Gasteiger partial charge in [0, 0.05) is 25.7 Å². The summed E-state index contributed by atoms with van der Waals surface area (Å²) in [5, 5.41) is 0. The third kappa shape index (κ3) is 3.24. The Morgan fingerprint density at radius 2 is 1.87 bits per heavy atom. The van der Waals surface area contributed by atoms with E-state index >= 15 is 0 Å². The van der Waals surface area contributed by atoms with E-state index in [1.807, 2.05) is 6.07 Å². The average molecular weight is 318 g/mol. The van der Waals surface area contributed by atoms with Gasteiger partial charge in [0.05, 0.1) is 18.9 Å². The molecule has 0 radical (unpaired) electrons. The van der Waals surface area contributed by atoms with E-state index in [1.54, 1.807) is 6.07 Å². The molecule has 1 saturated carbocycles. The van der Waals surface area contributed by atoms with Crippen molar-refractivity contribution in [3.63, 3.8) is 0 Å². The van der Waals surface area contributed by atoms with Crippen LogP contribution in [0.4, 0.5) is 10.1 Å². The molecular formula is C19H27FN2O. The van der Waals surface area contributed by atoms with Gasteiger partial charge in [-0.2, -0.15) is 0 Å². The zero-order valence-electron chi connectivity index (χ0n) is 13.8. The van der Waals surface area contributed by atoms with Crippen LogP contribution >= 0.6 is 0 Å². The number of rotatable bonds is 3. The Bertz CT molecular complexity index is 544. The van der Waals surface area contributed by atoms with Crippen LogP contribution in [0.2, 0.25) is 0 Å². The van der Waals surface area contributed by atoms with Crippen molar-refractivity contribution in [2.75, 3.05) is 37.7 Å². The lowest BCUT2D eigenvalue weighted by Gasteiger charge is -2.32. The van der Waals surface area contributed by atoms with Crippen LogP contribution in [0.25, 0.3) is 0 Å². The summed E-state index contributed by atoms with van der Waals surface area (Å²) in [5.41, 5.74) is 1.85. The molecule has 0 unspecified atom stereocenters. The minimum Gasteiger partial charge on any atom is -0.378 e. The van der Waals surface area contributed by atoms with Crippen LogP contribution in [-0.4, -0.2) is 43.8 Å². The van der Waals surface area contributed by atoms with Gasteiger partial charge >= 0.3 is 0 Å². The molecule has 0 amide bonds. The first-order valence-electron chi connectivity index (χ1n) is 9.16. The van der Waals surface area contributed by atoms with E-state index in [-0.39, 0.29) is 5.82 Å². The number of likely N-dealkylation sites (tertiary alicyclic amines) is 1. The second-order valence-electron chi connectivity index (χ2n) is 7.26. The van der Waals surface area contributed by atoms with Crippen molar-refractivity contribution in [3.05, 3.63) is 29.6 Å². The molecule has 0 spiro atoms. The molecule has 2 aliphatic heterocycles. The van der Waals surface area contributed by atoms with Crippen molar-refractivity contribution in [1.29, 1.82) is 0 Å². The van der Waals surface area contributed by atoms with Crippen LogP contribution in [0.5, 0.6) is 0 Å². The summed E-state index contributed by atoms with van der Waals surface area (Å²) in [4.78, 5) is 4.68. The molecule has 0 aromatic heterocycles. The highest BCUT2D eigenvalue weighted by Crippen LogP contribution is 2.37. The van der Waals surface area contributed by atoms with Crippen LogP contribution in [0.1, 0.15) is 37.7 Å². The third-order valence-corrected chi connectivity index (χ3v) is 5.87. The van der Waals surface area contributed by atoms with E-state index in [2.05, 4.69) is 15.9 Å². The van der Waals surface area contributed by atoms with E-state index in [0.29, 0.717) is 13.2 Å². The molecular weight excluding hydrogens is 291 g/mol. The summed E-state index contributed by atoms with van der Waals surface area (Å²) in [6.45, 7) is 5.04. The Kier molecular flexibility index (Phi) is 4.54. The number of halogens is 1. The molecule has 2 heterocycles. The van der Waals surface area contributed by atoms with E-state index < -0.39 is 0 Å². The van der Waals surface area contributed by atoms with Crippen molar-refractivity contribution >= 4 is 5.69 Å². The first-order valence-corrected chi connectivity index (χ1v) is 9.16. The maximum Gasteiger partial charge on any atom is 0.146 e. The van der Waals surface area contributed by atoms with Gasteiger partial charge in [0.2, 0.25) is 0 Å². The van der Waals surface area contributed by atoms with Gasteiger partial charge in [-0.05, 0) is 49.4 Å². The molecule has 2 atom stereocenters. The summed E-state index contributed by atoms with van der Waals surface area (Å²) in [6, 6.07) is 6.57. The molecule has 23 heavy (non-hydrogen) atoms. The molecule has 0 N–H and O–H groups in total. The fraction of sp³-hybridized carbons (Fsp3) is 0.684. The fourth-order valence-electron chi connectivity index (χ4n) is 4.64. The van der Waals surface area contributed by atoms with Crippen molar-refractivity contribution in [1.82, 2.24) is 4.90 Å². The molecule has 126 valence electrons. The van der Waals surface area contributed by atoms with Crippen molar-refractivity contribution in [3.8, 4) is 0 Å².